The lowest BCUT2D eigenvalue weighted by molar-refractivity contribution is -0.928. The molecular formula is C15H20N3O2+. The number of H-pyrrole nitrogens is 1. The number of nitrogens with one attached hydrogen (secondary N) is 2. The summed E-state index contributed by atoms with van der Waals surface area (Å²) in [5, 5.41) is 0.648. The van der Waals surface area contributed by atoms with Crippen molar-refractivity contribution in [2.45, 2.75) is 32.6 Å². The highest BCUT2D eigenvalue weighted by atomic mass is 16.5. The van der Waals surface area contributed by atoms with Crippen LogP contribution in [0.15, 0.2) is 29.1 Å². The average molecular weight is 274 g/mol. The summed E-state index contributed by atoms with van der Waals surface area (Å²) >= 11 is 0. The van der Waals surface area contributed by atoms with Gasteiger partial charge in [0, 0.05) is 0 Å². The van der Waals surface area contributed by atoms with Crippen molar-refractivity contribution in [2.75, 3.05) is 13.1 Å². The summed E-state index contributed by atoms with van der Waals surface area (Å²) in [5.74, 6) is 0.755. The number of morpholine rings is 1. The number of nitrogens with zero attached hydrogens (tertiary/aromatic N) is 1. The van der Waals surface area contributed by atoms with E-state index >= 15 is 0 Å². The molecule has 0 saturated carbocycles. The van der Waals surface area contributed by atoms with Gasteiger partial charge in [-0.25, -0.2) is 4.98 Å². The molecule has 5 heteroatoms. The van der Waals surface area contributed by atoms with E-state index in [1.165, 1.54) is 4.90 Å². The highest BCUT2D eigenvalue weighted by Crippen LogP contribution is 2.05. The number of aromatic amines is 1. The Balaban J connectivity index is 1.86. The quantitative estimate of drug-likeness (QED) is 0.817. The predicted octanol–water partition coefficient (Wildman–Crippen LogP) is 0.115. The number of hydrogen-bond donors (Lipinski definition) is 2. The number of fused-ring (bicyclic) bond motifs is 1. The van der Waals surface area contributed by atoms with Crippen LogP contribution in [0.1, 0.15) is 19.7 Å². The molecule has 1 aromatic heterocycles. The van der Waals surface area contributed by atoms with E-state index in [1.807, 2.05) is 18.2 Å². The topological polar surface area (TPSA) is 59.4 Å². The van der Waals surface area contributed by atoms with E-state index in [4.69, 9.17) is 4.74 Å². The van der Waals surface area contributed by atoms with E-state index in [2.05, 4.69) is 23.8 Å². The Bertz CT molecular complexity index is 657. The van der Waals surface area contributed by atoms with E-state index in [-0.39, 0.29) is 17.8 Å². The summed E-state index contributed by atoms with van der Waals surface area (Å²) in [6.45, 7) is 6.80. The highest BCUT2D eigenvalue weighted by molar-refractivity contribution is 5.77. The van der Waals surface area contributed by atoms with E-state index in [9.17, 15) is 4.79 Å². The lowest BCUT2D eigenvalue weighted by atomic mass is 10.2. The number of aromatic nitrogens is 2. The molecule has 1 fully saturated rings. The zero-order valence-corrected chi connectivity index (χ0v) is 11.8. The molecule has 1 aliphatic heterocycles. The lowest BCUT2D eigenvalue weighted by Gasteiger charge is -2.32. The summed E-state index contributed by atoms with van der Waals surface area (Å²) in [5.41, 5.74) is 0.708. The number of ether oxygens (including phenoxy) is 1. The summed E-state index contributed by atoms with van der Waals surface area (Å²) in [4.78, 5) is 20.9. The maximum absolute atomic E-state index is 12.0. The van der Waals surface area contributed by atoms with E-state index in [0.717, 1.165) is 31.0 Å². The summed E-state index contributed by atoms with van der Waals surface area (Å²) in [6, 6.07) is 7.45. The normalized spacial score (nSPS) is 26.8. The number of para-hydroxylation sites is 1. The fraction of sp³-hybridized carbons (Fsp3) is 0.467. The Morgan fingerprint density at radius 2 is 2.00 bits per heavy atom. The Labute approximate surface area is 117 Å². The molecule has 0 radical (unpaired) electrons. The number of benzene rings is 1. The van der Waals surface area contributed by atoms with Crippen molar-refractivity contribution in [3.8, 4) is 0 Å². The van der Waals surface area contributed by atoms with Gasteiger partial charge in [0.25, 0.3) is 5.56 Å². The van der Waals surface area contributed by atoms with Crippen LogP contribution in [0, 0.1) is 0 Å². The molecule has 106 valence electrons. The SMILES string of the molecule is C[C@@H]1C[NH+](Cc2nc3ccccc3c(=O)[nH]2)C[C@@H](C)O1. The number of hydrogen-bond acceptors (Lipinski definition) is 3. The second-order valence-electron chi connectivity index (χ2n) is 5.62. The molecule has 0 spiro atoms. The molecule has 2 atom stereocenters. The van der Waals surface area contributed by atoms with Crippen LogP contribution in [-0.2, 0) is 11.3 Å². The molecule has 5 nitrogen and oxygen atoms in total. The summed E-state index contributed by atoms with van der Waals surface area (Å²) < 4.78 is 5.73. The Hall–Kier alpha value is -1.72. The molecule has 20 heavy (non-hydrogen) atoms. The fourth-order valence-electron chi connectivity index (χ4n) is 2.99. The third-order valence-electron chi connectivity index (χ3n) is 3.70. The molecule has 2 heterocycles. The van der Waals surface area contributed by atoms with Gasteiger partial charge in [-0.15, -0.1) is 0 Å². The molecule has 1 saturated heterocycles. The Morgan fingerprint density at radius 1 is 1.30 bits per heavy atom. The standard InChI is InChI=1S/C15H19N3O2/c1-10-7-18(8-11(2)20-10)9-14-16-13-6-4-3-5-12(13)15(19)17-14/h3-6,10-11H,7-9H2,1-2H3,(H,16,17,19)/p+1/t10-,11-/m1/s1. The first-order valence-corrected chi connectivity index (χ1v) is 7.09. The minimum Gasteiger partial charge on any atom is -0.364 e. The van der Waals surface area contributed by atoms with Gasteiger partial charge in [-0.05, 0) is 26.0 Å². The van der Waals surface area contributed by atoms with Crippen molar-refractivity contribution in [2.24, 2.45) is 0 Å². The first-order chi connectivity index (χ1) is 9.61. The van der Waals surface area contributed by atoms with Crippen LogP contribution in [0.2, 0.25) is 0 Å². The van der Waals surface area contributed by atoms with Gasteiger partial charge in [-0.2, -0.15) is 0 Å². The van der Waals surface area contributed by atoms with E-state index in [1.54, 1.807) is 6.07 Å². The van der Waals surface area contributed by atoms with Gasteiger partial charge in [0.1, 0.15) is 31.8 Å². The first-order valence-electron chi connectivity index (χ1n) is 7.09. The second-order valence-corrected chi connectivity index (χ2v) is 5.62. The zero-order chi connectivity index (χ0) is 14.1. The third-order valence-corrected chi connectivity index (χ3v) is 3.70. The van der Waals surface area contributed by atoms with Crippen molar-refractivity contribution in [1.82, 2.24) is 9.97 Å². The van der Waals surface area contributed by atoms with Gasteiger partial charge in [-0.1, -0.05) is 12.1 Å². The smallest absolute Gasteiger partial charge is 0.258 e. The monoisotopic (exact) mass is 274 g/mol. The van der Waals surface area contributed by atoms with E-state index in [0.29, 0.717) is 5.39 Å². The average Bonchev–Trinajstić information content (AvgIpc) is 2.37. The molecule has 2 N–H and O–H groups in total. The largest absolute Gasteiger partial charge is 0.364 e. The van der Waals surface area contributed by atoms with Crippen LogP contribution in [0.4, 0.5) is 0 Å². The molecule has 0 amide bonds. The van der Waals surface area contributed by atoms with Gasteiger partial charge in [-0.3, -0.25) is 4.79 Å². The van der Waals surface area contributed by atoms with Crippen LogP contribution in [0.5, 0.6) is 0 Å². The minimum absolute atomic E-state index is 0.0562. The molecular weight excluding hydrogens is 254 g/mol. The second kappa shape index (κ2) is 5.34. The Morgan fingerprint density at radius 3 is 2.75 bits per heavy atom. The van der Waals surface area contributed by atoms with E-state index < -0.39 is 0 Å². The van der Waals surface area contributed by atoms with Gasteiger partial charge in [0.2, 0.25) is 0 Å². The molecule has 0 bridgehead atoms. The summed E-state index contributed by atoms with van der Waals surface area (Å²) in [6.07, 6.45) is 0.502. The van der Waals surface area contributed by atoms with Crippen LogP contribution >= 0.6 is 0 Å². The van der Waals surface area contributed by atoms with Crippen LogP contribution in [0.3, 0.4) is 0 Å². The van der Waals surface area contributed by atoms with Gasteiger partial charge in [0.15, 0.2) is 5.82 Å². The maximum atomic E-state index is 12.0. The van der Waals surface area contributed by atoms with Crippen molar-refractivity contribution < 1.29 is 9.64 Å². The first kappa shape index (κ1) is 13.3. The molecule has 3 rings (SSSR count). The Kier molecular flexibility index (Phi) is 3.54. The van der Waals surface area contributed by atoms with Crippen LogP contribution < -0.4 is 10.5 Å². The zero-order valence-electron chi connectivity index (χ0n) is 11.8. The van der Waals surface area contributed by atoms with Gasteiger partial charge in [0.05, 0.1) is 10.9 Å². The molecule has 1 aliphatic rings. The molecule has 0 aliphatic carbocycles. The van der Waals surface area contributed by atoms with Crippen molar-refractivity contribution in [3.63, 3.8) is 0 Å². The number of rotatable bonds is 2. The lowest BCUT2D eigenvalue weighted by Crippen LogP contribution is -3.14. The fourth-order valence-corrected chi connectivity index (χ4v) is 2.99. The maximum Gasteiger partial charge on any atom is 0.258 e. The van der Waals surface area contributed by atoms with Crippen LogP contribution in [0.25, 0.3) is 10.9 Å². The van der Waals surface area contributed by atoms with Gasteiger partial charge < -0.3 is 14.6 Å². The highest BCUT2D eigenvalue weighted by Gasteiger charge is 2.26. The van der Waals surface area contributed by atoms with Gasteiger partial charge >= 0.3 is 0 Å². The summed E-state index contributed by atoms with van der Waals surface area (Å²) in [7, 11) is 0. The van der Waals surface area contributed by atoms with Crippen molar-refractivity contribution >= 4 is 10.9 Å². The van der Waals surface area contributed by atoms with Crippen LogP contribution in [-0.4, -0.2) is 35.3 Å². The number of quaternary nitrogens is 1. The molecule has 2 aromatic rings. The predicted molar refractivity (Wildman–Crippen MR) is 76.8 cm³/mol. The van der Waals surface area contributed by atoms with Crippen molar-refractivity contribution in [3.05, 3.63) is 40.4 Å². The molecule has 1 aromatic carbocycles. The molecule has 0 unspecified atom stereocenters. The minimum atomic E-state index is -0.0562. The third kappa shape index (κ3) is 2.73. The van der Waals surface area contributed by atoms with Crippen molar-refractivity contribution in [1.29, 1.82) is 0 Å².